The summed E-state index contributed by atoms with van der Waals surface area (Å²) in [5.74, 6) is 0.477. The molecule has 29 heavy (non-hydrogen) atoms. The molecule has 1 aliphatic carbocycles. The van der Waals surface area contributed by atoms with Gasteiger partial charge in [-0.3, -0.25) is 4.79 Å². The number of hydrogen-bond donors (Lipinski definition) is 1. The maximum Gasteiger partial charge on any atom is 0.410 e. The van der Waals surface area contributed by atoms with Crippen LogP contribution in [0.1, 0.15) is 56.8 Å². The van der Waals surface area contributed by atoms with Crippen LogP contribution in [0.5, 0.6) is 0 Å². The fourth-order valence-electron chi connectivity index (χ4n) is 4.60. The van der Waals surface area contributed by atoms with Gasteiger partial charge in [0.25, 0.3) is 5.91 Å². The van der Waals surface area contributed by atoms with Crippen molar-refractivity contribution in [2.45, 2.75) is 52.1 Å². The number of rotatable bonds is 3. The number of amides is 2. The van der Waals surface area contributed by atoms with Crippen molar-refractivity contribution in [3.05, 3.63) is 36.3 Å². The molecular weight excluding hydrogens is 368 g/mol. The number of likely N-dealkylation sites (tertiary alicyclic amines) is 1. The van der Waals surface area contributed by atoms with Crippen molar-refractivity contribution in [1.82, 2.24) is 19.6 Å². The number of imidazole rings is 1. The van der Waals surface area contributed by atoms with Gasteiger partial charge in [0.1, 0.15) is 11.2 Å². The van der Waals surface area contributed by atoms with Crippen molar-refractivity contribution in [1.29, 1.82) is 0 Å². The molecule has 0 radical (unpaired) electrons. The van der Waals surface area contributed by atoms with Crippen molar-refractivity contribution in [3.8, 4) is 0 Å². The van der Waals surface area contributed by atoms with Crippen LogP contribution in [0.25, 0.3) is 5.65 Å². The van der Waals surface area contributed by atoms with E-state index in [0.29, 0.717) is 23.4 Å². The van der Waals surface area contributed by atoms with Gasteiger partial charge in [0.2, 0.25) is 0 Å². The maximum absolute atomic E-state index is 12.5. The van der Waals surface area contributed by atoms with E-state index in [-0.39, 0.29) is 12.0 Å². The van der Waals surface area contributed by atoms with Crippen molar-refractivity contribution in [2.24, 2.45) is 11.3 Å². The van der Waals surface area contributed by atoms with E-state index in [1.165, 1.54) is 0 Å². The average molecular weight is 399 g/mol. The number of nitrogens with one attached hydrogen (secondary N) is 1. The van der Waals surface area contributed by atoms with E-state index in [1.807, 2.05) is 54.6 Å². The second kappa shape index (κ2) is 7.35. The lowest BCUT2D eigenvalue weighted by atomic mass is 9.57. The van der Waals surface area contributed by atoms with Gasteiger partial charge in [0, 0.05) is 38.2 Å². The monoisotopic (exact) mass is 398 g/mol. The number of pyridine rings is 1. The summed E-state index contributed by atoms with van der Waals surface area (Å²) in [4.78, 5) is 30.7. The quantitative estimate of drug-likeness (QED) is 0.859. The van der Waals surface area contributed by atoms with Crippen LogP contribution in [0, 0.1) is 11.3 Å². The molecule has 2 aromatic heterocycles. The number of carbonyl (C=O) groups excluding carboxylic acids is 2. The third-order valence-corrected chi connectivity index (χ3v) is 6.12. The summed E-state index contributed by atoms with van der Waals surface area (Å²) in [6.07, 6.45) is 9.45. The first-order valence-corrected chi connectivity index (χ1v) is 10.4. The molecule has 0 unspecified atom stereocenters. The molecular formula is C22H30N4O3. The lowest BCUT2D eigenvalue weighted by Crippen LogP contribution is -2.51. The summed E-state index contributed by atoms with van der Waals surface area (Å²) in [6.45, 7) is 7.92. The van der Waals surface area contributed by atoms with E-state index in [4.69, 9.17) is 4.74 Å². The number of hydrogen-bond acceptors (Lipinski definition) is 4. The van der Waals surface area contributed by atoms with Gasteiger partial charge in [0.05, 0.1) is 5.56 Å². The summed E-state index contributed by atoms with van der Waals surface area (Å²) in [5, 5.41) is 3.08. The van der Waals surface area contributed by atoms with Crippen LogP contribution in [-0.2, 0) is 4.74 Å². The van der Waals surface area contributed by atoms with Gasteiger partial charge in [-0.2, -0.15) is 0 Å². The summed E-state index contributed by atoms with van der Waals surface area (Å²) < 4.78 is 7.33. The van der Waals surface area contributed by atoms with E-state index in [2.05, 4.69) is 10.3 Å². The minimum atomic E-state index is -0.450. The van der Waals surface area contributed by atoms with E-state index in [9.17, 15) is 9.59 Å². The minimum Gasteiger partial charge on any atom is -0.444 e. The Balaban J connectivity index is 1.21. The second-order valence-corrected chi connectivity index (χ2v) is 9.56. The van der Waals surface area contributed by atoms with Crippen LogP contribution in [-0.4, -0.2) is 51.5 Å². The highest BCUT2D eigenvalue weighted by molar-refractivity contribution is 5.94. The highest BCUT2D eigenvalue weighted by Crippen LogP contribution is 2.52. The summed E-state index contributed by atoms with van der Waals surface area (Å²) in [6, 6.07) is 3.66. The Hall–Kier alpha value is -2.57. The number of carbonyl (C=O) groups is 2. The molecule has 3 heterocycles. The SMILES string of the molecule is CC(C)(C)OC(=O)N1CCC2(CC1)CC(CNC(=O)c1ccc3nccn3c1)C2. The highest BCUT2D eigenvalue weighted by atomic mass is 16.6. The topological polar surface area (TPSA) is 75.9 Å². The summed E-state index contributed by atoms with van der Waals surface area (Å²) >= 11 is 0. The van der Waals surface area contributed by atoms with Gasteiger partial charge in [0.15, 0.2) is 0 Å². The van der Waals surface area contributed by atoms with Crippen molar-refractivity contribution in [3.63, 3.8) is 0 Å². The number of fused-ring (bicyclic) bond motifs is 1. The van der Waals surface area contributed by atoms with Crippen molar-refractivity contribution < 1.29 is 14.3 Å². The predicted molar refractivity (Wildman–Crippen MR) is 110 cm³/mol. The van der Waals surface area contributed by atoms with Crippen molar-refractivity contribution >= 4 is 17.6 Å². The van der Waals surface area contributed by atoms with Gasteiger partial charge in [-0.15, -0.1) is 0 Å². The number of piperidine rings is 1. The molecule has 1 N–H and O–H groups in total. The fourth-order valence-corrected chi connectivity index (χ4v) is 4.60. The Morgan fingerprint density at radius 3 is 2.66 bits per heavy atom. The molecule has 2 fully saturated rings. The first kappa shape index (κ1) is 19.7. The molecule has 2 aliphatic rings. The molecule has 4 rings (SSSR count). The number of ether oxygens (including phenoxy) is 1. The Bertz CT molecular complexity index is 898. The predicted octanol–water partition coefficient (Wildman–Crippen LogP) is 3.49. The Kier molecular flexibility index (Phi) is 5.00. The first-order chi connectivity index (χ1) is 13.7. The van der Waals surface area contributed by atoms with Crippen LogP contribution < -0.4 is 5.32 Å². The molecule has 0 atom stereocenters. The normalized spacial score (nSPS) is 19.2. The fraction of sp³-hybridized carbons (Fsp3) is 0.591. The molecule has 2 aromatic rings. The number of aromatic nitrogens is 2. The minimum absolute atomic E-state index is 0.0405. The molecule has 1 spiro atoms. The standard InChI is InChI=1S/C22H30N4O3/c1-21(2,3)29-20(28)25-9-6-22(7-10-25)12-16(13-22)14-24-19(27)17-4-5-18-23-8-11-26(18)15-17/h4-5,8,11,15-16H,6-7,9-10,12-14H2,1-3H3,(H,24,27). The van der Waals surface area contributed by atoms with E-state index in [1.54, 1.807) is 6.20 Å². The molecule has 7 nitrogen and oxygen atoms in total. The molecule has 1 saturated heterocycles. The molecule has 1 aliphatic heterocycles. The zero-order chi connectivity index (χ0) is 20.6. The third-order valence-electron chi connectivity index (χ3n) is 6.12. The zero-order valence-electron chi connectivity index (χ0n) is 17.5. The first-order valence-electron chi connectivity index (χ1n) is 10.4. The average Bonchev–Trinajstić information content (AvgIpc) is 3.11. The molecule has 0 aromatic carbocycles. The van der Waals surface area contributed by atoms with E-state index < -0.39 is 5.60 Å². The van der Waals surface area contributed by atoms with Gasteiger partial charge in [-0.05, 0) is 69.9 Å². The van der Waals surface area contributed by atoms with Gasteiger partial charge in [-0.1, -0.05) is 0 Å². The van der Waals surface area contributed by atoms with E-state index in [0.717, 1.165) is 44.4 Å². The van der Waals surface area contributed by atoms with Gasteiger partial charge >= 0.3 is 6.09 Å². The summed E-state index contributed by atoms with van der Waals surface area (Å²) in [5.41, 5.74) is 1.37. The van der Waals surface area contributed by atoms with Crippen LogP contribution in [0.4, 0.5) is 4.79 Å². The lowest BCUT2D eigenvalue weighted by molar-refractivity contribution is -0.0265. The molecule has 1 saturated carbocycles. The lowest BCUT2D eigenvalue weighted by Gasteiger charge is -2.52. The smallest absolute Gasteiger partial charge is 0.410 e. The Labute approximate surface area is 171 Å². The van der Waals surface area contributed by atoms with Crippen LogP contribution in [0.15, 0.2) is 30.7 Å². The summed E-state index contributed by atoms with van der Waals surface area (Å²) in [7, 11) is 0. The van der Waals surface area contributed by atoms with Gasteiger partial charge in [-0.25, -0.2) is 9.78 Å². The zero-order valence-corrected chi connectivity index (χ0v) is 17.5. The van der Waals surface area contributed by atoms with Crippen LogP contribution >= 0.6 is 0 Å². The Morgan fingerprint density at radius 2 is 1.97 bits per heavy atom. The Morgan fingerprint density at radius 1 is 1.24 bits per heavy atom. The van der Waals surface area contributed by atoms with E-state index >= 15 is 0 Å². The molecule has 7 heteroatoms. The van der Waals surface area contributed by atoms with Crippen LogP contribution in [0.3, 0.4) is 0 Å². The maximum atomic E-state index is 12.5. The second-order valence-electron chi connectivity index (χ2n) is 9.56. The largest absolute Gasteiger partial charge is 0.444 e. The third kappa shape index (κ3) is 4.38. The molecule has 156 valence electrons. The van der Waals surface area contributed by atoms with Crippen LogP contribution in [0.2, 0.25) is 0 Å². The highest BCUT2D eigenvalue weighted by Gasteiger charge is 2.46. The van der Waals surface area contributed by atoms with Crippen molar-refractivity contribution in [2.75, 3.05) is 19.6 Å². The molecule has 0 bridgehead atoms. The number of nitrogens with zero attached hydrogens (tertiary/aromatic N) is 3. The van der Waals surface area contributed by atoms with Gasteiger partial charge < -0.3 is 19.4 Å². The molecule has 2 amide bonds.